The van der Waals surface area contributed by atoms with E-state index in [4.69, 9.17) is 10.7 Å². The quantitative estimate of drug-likeness (QED) is 0.880. The van der Waals surface area contributed by atoms with Gasteiger partial charge in [-0.25, -0.2) is 4.98 Å². The Morgan fingerprint density at radius 3 is 2.95 bits per heavy atom. The van der Waals surface area contributed by atoms with Gasteiger partial charge in [0.2, 0.25) is 0 Å². The normalized spacial score (nSPS) is 22.7. The van der Waals surface area contributed by atoms with Crippen molar-refractivity contribution in [3.05, 3.63) is 22.9 Å². The molecule has 0 amide bonds. The van der Waals surface area contributed by atoms with Gasteiger partial charge in [-0.3, -0.25) is 0 Å². The maximum atomic E-state index is 9.40. The Hall–Kier alpha value is -1.13. The maximum absolute atomic E-state index is 9.40. The van der Waals surface area contributed by atoms with Crippen molar-refractivity contribution in [3.63, 3.8) is 0 Å². The fourth-order valence-corrected chi connectivity index (χ4v) is 3.50. The predicted molar refractivity (Wildman–Crippen MR) is 80.8 cm³/mol. The molecule has 1 atom stereocenters. The van der Waals surface area contributed by atoms with Crippen LogP contribution < -0.4 is 10.6 Å². The third kappa shape index (κ3) is 2.67. The number of piperidine rings is 1. The molecule has 3 rings (SSSR count). The van der Waals surface area contributed by atoms with E-state index in [0.717, 1.165) is 44.6 Å². The van der Waals surface area contributed by atoms with E-state index < -0.39 is 0 Å². The van der Waals surface area contributed by atoms with E-state index in [0.29, 0.717) is 12.5 Å². The highest BCUT2D eigenvalue weighted by Crippen LogP contribution is 2.29. The van der Waals surface area contributed by atoms with Crippen LogP contribution in [0, 0.1) is 5.92 Å². The molecule has 2 aliphatic rings. The number of fused-ring (bicyclic) bond motifs is 1. The molecule has 110 valence electrons. The number of aromatic nitrogens is 1. The summed E-state index contributed by atoms with van der Waals surface area (Å²) in [5, 5.41) is 9.40. The summed E-state index contributed by atoms with van der Waals surface area (Å²) in [4.78, 5) is 7.28. The van der Waals surface area contributed by atoms with Crippen LogP contribution in [0.1, 0.15) is 42.5 Å². The van der Waals surface area contributed by atoms with Gasteiger partial charge in [0.15, 0.2) is 0 Å². The number of pyridine rings is 1. The molecular formula is C16H25N3O. The number of rotatable bonds is 3. The van der Waals surface area contributed by atoms with Crippen molar-refractivity contribution in [1.82, 2.24) is 4.98 Å². The molecule has 1 fully saturated rings. The van der Waals surface area contributed by atoms with E-state index in [2.05, 4.69) is 11.0 Å². The second-order valence-corrected chi connectivity index (χ2v) is 6.12. The first-order valence-corrected chi connectivity index (χ1v) is 7.89. The van der Waals surface area contributed by atoms with E-state index in [1.54, 1.807) is 0 Å². The molecule has 20 heavy (non-hydrogen) atoms. The third-order valence-corrected chi connectivity index (χ3v) is 4.65. The van der Waals surface area contributed by atoms with E-state index in [9.17, 15) is 5.11 Å². The highest BCUT2D eigenvalue weighted by molar-refractivity contribution is 5.51. The lowest BCUT2D eigenvalue weighted by molar-refractivity contribution is 0.208. The fraction of sp³-hybridized carbons (Fsp3) is 0.688. The second-order valence-electron chi connectivity index (χ2n) is 6.12. The van der Waals surface area contributed by atoms with Crippen molar-refractivity contribution >= 4 is 5.82 Å². The lowest BCUT2D eigenvalue weighted by atomic mass is 9.94. The Balaban J connectivity index is 1.91. The molecule has 2 heterocycles. The summed E-state index contributed by atoms with van der Waals surface area (Å²) in [6.07, 6.45) is 7.03. The van der Waals surface area contributed by atoms with Crippen molar-refractivity contribution in [2.45, 2.75) is 45.1 Å². The molecule has 1 aromatic heterocycles. The average molecular weight is 275 g/mol. The van der Waals surface area contributed by atoms with Gasteiger partial charge in [0.05, 0.1) is 0 Å². The van der Waals surface area contributed by atoms with Crippen molar-refractivity contribution < 1.29 is 5.11 Å². The Morgan fingerprint density at radius 1 is 1.30 bits per heavy atom. The molecule has 1 aliphatic carbocycles. The van der Waals surface area contributed by atoms with Crippen molar-refractivity contribution in [1.29, 1.82) is 0 Å². The predicted octanol–water partition coefficient (Wildman–Crippen LogP) is 1.63. The zero-order valence-corrected chi connectivity index (χ0v) is 12.1. The number of aryl methyl sites for hydroxylation is 2. The third-order valence-electron chi connectivity index (χ3n) is 4.65. The van der Waals surface area contributed by atoms with Crippen molar-refractivity contribution in [3.8, 4) is 0 Å². The van der Waals surface area contributed by atoms with Crippen molar-refractivity contribution in [2.75, 3.05) is 24.6 Å². The zero-order chi connectivity index (χ0) is 13.9. The Morgan fingerprint density at radius 2 is 2.15 bits per heavy atom. The molecule has 0 aromatic carbocycles. The van der Waals surface area contributed by atoms with Crippen LogP contribution in [-0.2, 0) is 19.4 Å². The number of nitrogens with two attached hydrogens (primary N) is 1. The Labute approximate surface area is 121 Å². The van der Waals surface area contributed by atoms with Gasteiger partial charge in [0.25, 0.3) is 0 Å². The molecule has 1 aromatic rings. The lowest BCUT2D eigenvalue weighted by Gasteiger charge is -2.34. The molecule has 0 radical (unpaired) electrons. The minimum Gasteiger partial charge on any atom is -0.396 e. The standard InChI is InChI=1S/C16H25N3O/c17-9-14-8-13-5-1-2-6-15(13)18-16(14)19-7-3-4-12(10-19)11-20/h8,12,20H,1-7,9-11,17H2. The number of nitrogens with zero attached hydrogens (tertiary/aromatic N) is 2. The number of aliphatic hydroxyl groups excluding tert-OH is 1. The van der Waals surface area contributed by atoms with Crippen LogP contribution in [0.25, 0.3) is 0 Å². The number of hydrogen-bond donors (Lipinski definition) is 2. The summed E-state index contributed by atoms with van der Waals surface area (Å²) >= 11 is 0. The first-order valence-electron chi connectivity index (χ1n) is 7.89. The van der Waals surface area contributed by atoms with Crippen LogP contribution in [0.15, 0.2) is 6.07 Å². The monoisotopic (exact) mass is 275 g/mol. The minimum atomic E-state index is 0.277. The molecule has 0 saturated carbocycles. The van der Waals surface area contributed by atoms with Gasteiger partial charge in [-0.05, 0) is 56.1 Å². The topological polar surface area (TPSA) is 62.4 Å². The molecule has 1 saturated heterocycles. The van der Waals surface area contributed by atoms with Gasteiger partial charge in [0.1, 0.15) is 5.82 Å². The molecule has 1 aliphatic heterocycles. The second kappa shape index (κ2) is 6.10. The van der Waals surface area contributed by atoms with Crippen LogP contribution in [0.5, 0.6) is 0 Å². The van der Waals surface area contributed by atoms with E-state index in [1.165, 1.54) is 29.7 Å². The smallest absolute Gasteiger partial charge is 0.133 e. The first kappa shape index (κ1) is 13.8. The number of hydrogen-bond acceptors (Lipinski definition) is 4. The van der Waals surface area contributed by atoms with Crippen LogP contribution in [0.3, 0.4) is 0 Å². The van der Waals surface area contributed by atoms with Crippen LogP contribution in [-0.4, -0.2) is 29.8 Å². The summed E-state index contributed by atoms with van der Waals surface area (Å²) in [6, 6.07) is 2.28. The van der Waals surface area contributed by atoms with Gasteiger partial charge in [-0.2, -0.15) is 0 Å². The summed E-state index contributed by atoms with van der Waals surface area (Å²) in [6.45, 7) is 2.78. The highest BCUT2D eigenvalue weighted by atomic mass is 16.3. The summed E-state index contributed by atoms with van der Waals surface area (Å²) in [7, 11) is 0. The molecule has 4 nitrogen and oxygen atoms in total. The van der Waals surface area contributed by atoms with Gasteiger partial charge < -0.3 is 15.7 Å². The number of anilines is 1. The SMILES string of the molecule is NCc1cc2c(nc1N1CCCC(CO)C1)CCCC2. The summed E-state index contributed by atoms with van der Waals surface area (Å²) in [5.74, 6) is 1.46. The maximum Gasteiger partial charge on any atom is 0.133 e. The molecule has 3 N–H and O–H groups in total. The van der Waals surface area contributed by atoms with Crippen LogP contribution >= 0.6 is 0 Å². The highest BCUT2D eigenvalue weighted by Gasteiger charge is 2.23. The molecule has 0 spiro atoms. The molecule has 4 heteroatoms. The van der Waals surface area contributed by atoms with Gasteiger partial charge in [0, 0.05) is 37.5 Å². The van der Waals surface area contributed by atoms with Gasteiger partial charge in [-0.15, -0.1) is 0 Å². The Kier molecular flexibility index (Phi) is 4.22. The molecule has 0 bridgehead atoms. The average Bonchev–Trinajstić information content (AvgIpc) is 2.53. The molecular weight excluding hydrogens is 250 g/mol. The molecule has 1 unspecified atom stereocenters. The number of aliphatic hydroxyl groups is 1. The summed E-state index contributed by atoms with van der Waals surface area (Å²) < 4.78 is 0. The van der Waals surface area contributed by atoms with Crippen LogP contribution in [0.4, 0.5) is 5.82 Å². The minimum absolute atomic E-state index is 0.277. The van der Waals surface area contributed by atoms with Crippen LogP contribution in [0.2, 0.25) is 0 Å². The largest absolute Gasteiger partial charge is 0.396 e. The van der Waals surface area contributed by atoms with Crippen molar-refractivity contribution in [2.24, 2.45) is 11.7 Å². The van der Waals surface area contributed by atoms with E-state index >= 15 is 0 Å². The lowest BCUT2D eigenvalue weighted by Crippen LogP contribution is -2.38. The zero-order valence-electron chi connectivity index (χ0n) is 12.1. The Bertz CT molecular complexity index is 475. The van der Waals surface area contributed by atoms with E-state index in [1.807, 2.05) is 0 Å². The summed E-state index contributed by atoms with van der Waals surface area (Å²) in [5.41, 5.74) is 9.78. The van der Waals surface area contributed by atoms with E-state index in [-0.39, 0.29) is 6.61 Å². The van der Waals surface area contributed by atoms with Gasteiger partial charge in [-0.1, -0.05) is 0 Å². The first-order chi connectivity index (χ1) is 9.81. The van der Waals surface area contributed by atoms with Gasteiger partial charge >= 0.3 is 0 Å². The fourth-order valence-electron chi connectivity index (χ4n) is 3.50.